The van der Waals surface area contributed by atoms with Crippen molar-refractivity contribution in [2.75, 3.05) is 18.4 Å². The first kappa shape index (κ1) is 15.3. The zero-order valence-electron chi connectivity index (χ0n) is 12.6. The number of hydrogen-bond acceptors (Lipinski definition) is 6. The Hall–Kier alpha value is -1.60. The number of thiophene rings is 1. The molecule has 1 fully saturated rings. The Morgan fingerprint density at radius 1 is 1.45 bits per heavy atom. The number of fused-ring (bicyclic) bond motifs is 1. The Morgan fingerprint density at radius 2 is 2.18 bits per heavy atom. The molecule has 1 N–H and O–H groups in total. The van der Waals surface area contributed by atoms with E-state index in [1.165, 1.54) is 0 Å². The van der Waals surface area contributed by atoms with Crippen molar-refractivity contribution in [1.82, 2.24) is 15.1 Å². The van der Waals surface area contributed by atoms with Gasteiger partial charge in [-0.25, -0.2) is 4.79 Å². The molecule has 3 heterocycles. The maximum absolute atomic E-state index is 11.9. The number of aromatic nitrogens is 2. The number of carbonyl (C=O) groups is 1. The van der Waals surface area contributed by atoms with Crippen molar-refractivity contribution in [1.29, 1.82) is 0 Å². The molecule has 0 aromatic carbocycles. The Bertz CT molecular complexity index is 706. The molecular weight excluding hydrogens is 324 g/mol. The number of carbonyl (C=O) groups excluding carboxylic acids is 1. The number of amides is 1. The normalized spacial score (nSPS) is 15.7. The summed E-state index contributed by atoms with van der Waals surface area (Å²) in [5, 5.41) is 14.6. The van der Waals surface area contributed by atoms with Crippen LogP contribution in [0.4, 0.5) is 10.6 Å². The van der Waals surface area contributed by atoms with Crippen LogP contribution in [0.25, 0.3) is 10.1 Å². The molecule has 6 nitrogen and oxygen atoms in total. The molecule has 1 saturated heterocycles. The number of ether oxygens (including phenoxy) is 1. The van der Waals surface area contributed by atoms with Gasteiger partial charge in [-0.1, -0.05) is 11.6 Å². The first-order valence-corrected chi connectivity index (χ1v) is 8.23. The van der Waals surface area contributed by atoms with Gasteiger partial charge in [-0.3, -0.25) is 0 Å². The molecule has 0 spiro atoms. The predicted octanol–water partition coefficient (Wildman–Crippen LogP) is 3.38. The molecule has 3 rings (SSSR count). The van der Waals surface area contributed by atoms with E-state index in [2.05, 4.69) is 15.5 Å². The van der Waals surface area contributed by atoms with E-state index in [0.717, 1.165) is 10.1 Å². The summed E-state index contributed by atoms with van der Waals surface area (Å²) in [6.45, 7) is 6.75. The summed E-state index contributed by atoms with van der Waals surface area (Å²) >= 11 is 7.58. The van der Waals surface area contributed by atoms with Crippen molar-refractivity contribution in [2.45, 2.75) is 32.4 Å². The van der Waals surface area contributed by atoms with Gasteiger partial charge < -0.3 is 15.0 Å². The van der Waals surface area contributed by atoms with E-state index in [1.54, 1.807) is 16.2 Å². The van der Waals surface area contributed by atoms with Gasteiger partial charge in [0.15, 0.2) is 11.0 Å². The minimum absolute atomic E-state index is 0.147. The second-order valence-corrected chi connectivity index (χ2v) is 7.50. The maximum atomic E-state index is 11.9. The lowest BCUT2D eigenvalue weighted by Gasteiger charge is -2.40. The molecule has 2 aromatic rings. The fraction of sp³-hybridized carbons (Fsp3) is 0.500. The van der Waals surface area contributed by atoms with E-state index in [9.17, 15) is 4.79 Å². The minimum Gasteiger partial charge on any atom is -0.444 e. The zero-order chi connectivity index (χ0) is 15.9. The van der Waals surface area contributed by atoms with Crippen molar-refractivity contribution in [2.24, 2.45) is 0 Å². The number of halogens is 1. The van der Waals surface area contributed by atoms with Crippen LogP contribution in [0.15, 0.2) is 11.4 Å². The number of nitrogens with zero attached hydrogens (tertiary/aromatic N) is 3. The van der Waals surface area contributed by atoms with Crippen LogP contribution in [0.5, 0.6) is 0 Å². The van der Waals surface area contributed by atoms with E-state index in [1.807, 2.05) is 32.2 Å². The number of anilines is 1. The third kappa shape index (κ3) is 3.10. The summed E-state index contributed by atoms with van der Waals surface area (Å²) in [5.74, 6) is 0.711. The lowest BCUT2D eigenvalue weighted by atomic mass is 10.1. The summed E-state index contributed by atoms with van der Waals surface area (Å²) in [6, 6.07) is 2.07. The smallest absolute Gasteiger partial charge is 0.410 e. The van der Waals surface area contributed by atoms with Crippen molar-refractivity contribution in [3.63, 3.8) is 0 Å². The molecule has 0 radical (unpaired) electrons. The number of rotatable bonds is 2. The molecule has 0 atom stereocenters. The highest BCUT2D eigenvalue weighted by Crippen LogP contribution is 2.31. The molecule has 1 amide bonds. The van der Waals surface area contributed by atoms with Gasteiger partial charge in [-0.05, 0) is 32.2 Å². The quantitative estimate of drug-likeness (QED) is 0.907. The molecule has 118 valence electrons. The first-order valence-electron chi connectivity index (χ1n) is 6.97. The fourth-order valence-corrected chi connectivity index (χ4v) is 3.28. The van der Waals surface area contributed by atoms with E-state index in [4.69, 9.17) is 16.3 Å². The van der Waals surface area contributed by atoms with Crippen LogP contribution in [-0.4, -0.2) is 45.9 Å². The highest BCUT2D eigenvalue weighted by atomic mass is 35.5. The van der Waals surface area contributed by atoms with Gasteiger partial charge in [0.05, 0.1) is 10.7 Å². The van der Waals surface area contributed by atoms with E-state index in [-0.39, 0.29) is 12.1 Å². The maximum Gasteiger partial charge on any atom is 0.410 e. The standard InChI is InChI=1S/C14H17ClN4O2S/c1-14(2,3)21-13(20)19-6-8(7-19)16-12-10-9(4-5-22-10)11(15)17-18-12/h4-5,8H,6-7H2,1-3H3,(H,16,18). The summed E-state index contributed by atoms with van der Waals surface area (Å²) < 4.78 is 6.31. The Kier molecular flexibility index (Phi) is 3.86. The Labute approximate surface area is 137 Å². The highest BCUT2D eigenvalue weighted by Gasteiger charge is 2.34. The molecule has 0 aliphatic carbocycles. The average Bonchev–Trinajstić information content (AvgIpc) is 2.83. The monoisotopic (exact) mass is 340 g/mol. The highest BCUT2D eigenvalue weighted by molar-refractivity contribution is 7.17. The van der Waals surface area contributed by atoms with Gasteiger partial charge in [0.25, 0.3) is 0 Å². The summed E-state index contributed by atoms with van der Waals surface area (Å²) in [5.41, 5.74) is -0.472. The number of likely N-dealkylation sites (tertiary alicyclic amines) is 1. The van der Waals surface area contributed by atoms with Crippen LogP contribution < -0.4 is 5.32 Å². The molecule has 1 aliphatic rings. The minimum atomic E-state index is -0.472. The predicted molar refractivity (Wildman–Crippen MR) is 87.6 cm³/mol. The van der Waals surface area contributed by atoms with Gasteiger partial charge >= 0.3 is 6.09 Å². The molecule has 22 heavy (non-hydrogen) atoms. The van der Waals surface area contributed by atoms with Gasteiger partial charge in [0.2, 0.25) is 0 Å². The summed E-state index contributed by atoms with van der Waals surface area (Å²) in [7, 11) is 0. The van der Waals surface area contributed by atoms with Gasteiger partial charge in [0, 0.05) is 18.5 Å². The largest absolute Gasteiger partial charge is 0.444 e. The summed E-state index contributed by atoms with van der Waals surface area (Å²) in [4.78, 5) is 13.6. The van der Waals surface area contributed by atoms with Crippen molar-refractivity contribution in [3.8, 4) is 0 Å². The van der Waals surface area contributed by atoms with Gasteiger partial charge in [-0.15, -0.1) is 21.5 Å². The molecule has 8 heteroatoms. The molecule has 2 aromatic heterocycles. The van der Waals surface area contributed by atoms with Crippen LogP contribution in [-0.2, 0) is 4.74 Å². The van der Waals surface area contributed by atoms with E-state index >= 15 is 0 Å². The molecule has 1 aliphatic heterocycles. The SMILES string of the molecule is CC(C)(C)OC(=O)N1CC(Nc2nnc(Cl)c3ccsc23)C1. The lowest BCUT2D eigenvalue weighted by Crippen LogP contribution is -2.58. The first-order chi connectivity index (χ1) is 10.3. The second kappa shape index (κ2) is 5.55. The third-order valence-electron chi connectivity index (χ3n) is 3.21. The average molecular weight is 341 g/mol. The Morgan fingerprint density at radius 3 is 2.86 bits per heavy atom. The van der Waals surface area contributed by atoms with Crippen molar-refractivity contribution < 1.29 is 9.53 Å². The van der Waals surface area contributed by atoms with Gasteiger partial charge in [-0.2, -0.15) is 0 Å². The van der Waals surface area contributed by atoms with E-state index < -0.39 is 5.60 Å². The van der Waals surface area contributed by atoms with Crippen LogP contribution in [0.1, 0.15) is 20.8 Å². The van der Waals surface area contributed by atoms with E-state index in [0.29, 0.717) is 24.1 Å². The molecule has 0 bridgehead atoms. The van der Waals surface area contributed by atoms with Gasteiger partial charge in [0.1, 0.15) is 5.60 Å². The second-order valence-electron chi connectivity index (χ2n) is 6.23. The third-order valence-corrected chi connectivity index (χ3v) is 4.41. The Balaban J connectivity index is 1.61. The van der Waals surface area contributed by atoms with Crippen LogP contribution in [0.3, 0.4) is 0 Å². The number of nitrogens with one attached hydrogen (secondary N) is 1. The summed E-state index contributed by atoms with van der Waals surface area (Å²) in [6.07, 6.45) is -0.283. The van der Waals surface area contributed by atoms with Crippen molar-refractivity contribution >= 4 is 44.9 Å². The molecule has 0 unspecified atom stereocenters. The van der Waals surface area contributed by atoms with Crippen molar-refractivity contribution in [3.05, 3.63) is 16.6 Å². The van der Waals surface area contributed by atoms with Crippen LogP contribution >= 0.6 is 22.9 Å². The zero-order valence-corrected chi connectivity index (χ0v) is 14.2. The lowest BCUT2D eigenvalue weighted by molar-refractivity contribution is 0.0105. The number of hydrogen-bond donors (Lipinski definition) is 1. The topological polar surface area (TPSA) is 67.3 Å². The van der Waals surface area contributed by atoms with Crippen LogP contribution in [0, 0.1) is 0 Å². The molecular formula is C14H17ClN4O2S. The molecule has 0 saturated carbocycles. The van der Waals surface area contributed by atoms with Crippen LogP contribution in [0.2, 0.25) is 5.15 Å². The fourth-order valence-electron chi connectivity index (χ4n) is 2.18.